The summed E-state index contributed by atoms with van der Waals surface area (Å²) in [5.74, 6) is 0. The van der Waals surface area contributed by atoms with E-state index in [9.17, 15) is 0 Å². The van der Waals surface area contributed by atoms with Gasteiger partial charge in [-0.05, 0) is 0 Å². The molecule has 0 aromatic heterocycles. The molecule has 0 saturated heterocycles. The molecule has 0 aliphatic carbocycles. The van der Waals surface area contributed by atoms with Gasteiger partial charge in [0, 0.05) is 32.7 Å². The van der Waals surface area contributed by atoms with Gasteiger partial charge in [-0.3, -0.25) is 0 Å². The quantitative estimate of drug-likeness (QED) is 0.464. The fourth-order valence-corrected chi connectivity index (χ4v) is 0. The van der Waals surface area contributed by atoms with Gasteiger partial charge in [-0.1, -0.05) is 0 Å². The van der Waals surface area contributed by atoms with Gasteiger partial charge < -0.3 is 0 Å². The van der Waals surface area contributed by atoms with Crippen molar-refractivity contribution < 1.29 is 52.5 Å². The summed E-state index contributed by atoms with van der Waals surface area (Å²) < 4.78 is 7.81. The van der Waals surface area contributed by atoms with Crippen LogP contribution in [0.1, 0.15) is 0 Å². The summed E-state index contributed by atoms with van der Waals surface area (Å²) in [4.78, 5) is 0. The molecule has 0 bridgehead atoms. The van der Waals surface area contributed by atoms with E-state index in [4.69, 9.17) is 3.83 Å². The van der Waals surface area contributed by atoms with Gasteiger partial charge in [-0.2, -0.15) is 0 Å². The Bertz CT molecular complexity index is 11.6. The Kier molecular flexibility index (Phi) is 110. The Morgan fingerprint density at radius 3 is 1.20 bits per heavy atom. The van der Waals surface area contributed by atoms with Crippen LogP contribution in [0, 0.1) is 0 Å². The summed E-state index contributed by atoms with van der Waals surface area (Å²) in [5.41, 5.74) is 0. The summed E-state index contributed by atoms with van der Waals surface area (Å²) in [7, 11) is 0. The van der Waals surface area contributed by atoms with Crippen molar-refractivity contribution in [2.75, 3.05) is 0 Å². The van der Waals surface area contributed by atoms with Crippen LogP contribution in [0.4, 0.5) is 0 Å². The second-order valence-electron chi connectivity index (χ2n) is 0. The third-order valence-corrected chi connectivity index (χ3v) is 0. The van der Waals surface area contributed by atoms with Gasteiger partial charge in [0.15, 0.2) is 0 Å². The molecule has 0 aliphatic rings. The minimum Gasteiger partial charge on any atom is 0 e. The van der Waals surface area contributed by atoms with E-state index >= 15 is 0 Å². The van der Waals surface area contributed by atoms with Crippen molar-refractivity contribution in [2.45, 2.75) is 0 Å². The van der Waals surface area contributed by atoms with E-state index in [-0.39, 0.29) is 119 Å². The van der Waals surface area contributed by atoms with Gasteiger partial charge in [0.1, 0.15) is 0 Å². The Morgan fingerprint density at radius 2 is 1.20 bits per heavy atom. The molecule has 1 radical (unpaired) electrons. The van der Waals surface area contributed by atoms with E-state index in [0.717, 1.165) is 0 Å². The average Bonchev–Trinajstić information content (AvgIpc) is 1.00. The largest absolute Gasteiger partial charge is 0 e. The molecule has 0 spiro atoms. The molecule has 5 heteroatoms. The van der Waals surface area contributed by atoms with E-state index < -0.39 is 0 Å². The topological polar surface area (TPSA) is 17.1 Å². The molecule has 0 fully saturated rings. The van der Waals surface area contributed by atoms with Crippen molar-refractivity contribution in [3.8, 4) is 0 Å². The number of hydrogen-bond acceptors (Lipinski definition) is 1. The number of rotatable bonds is 0. The molecule has 0 N–H and O–H groups in total. The van der Waals surface area contributed by atoms with Crippen LogP contribution in [0.15, 0.2) is 0 Å². The smallest absolute Gasteiger partial charge is 0 e. The minimum atomic E-state index is 0. The maximum Gasteiger partial charge on any atom is 0 e. The molecule has 5 heavy (non-hydrogen) atoms. The average molecular weight is 350 g/mol. The standard InChI is InChI=1S/Ba.Ca.Cu.O.Y.4H. The molecule has 1 nitrogen and oxygen atoms in total. The second-order valence-corrected chi connectivity index (χ2v) is 0. The molecule has 0 aromatic carbocycles. The fraction of sp³-hybridized carbons (Fsp3) is 0. The first-order chi connectivity index (χ1) is 1.00. The Labute approximate surface area is 135 Å². The van der Waals surface area contributed by atoms with Gasteiger partial charge in [-0.15, -0.1) is 0 Å². The van der Waals surface area contributed by atoms with Crippen molar-refractivity contribution in [1.29, 1.82) is 0 Å². The minimum absolute atomic E-state index is 0. The van der Waals surface area contributed by atoms with E-state index in [1.165, 1.54) is 0 Å². The summed E-state index contributed by atoms with van der Waals surface area (Å²) >= 11 is 2.94. The van der Waals surface area contributed by atoms with Crippen LogP contribution < -0.4 is 0 Å². The molecule has 0 amide bonds. The molecule has 0 atom stereocenters. The van der Waals surface area contributed by atoms with E-state index in [1.807, 2.05) is 0 Å². The maximum absolute atomic E-state index is 7.81. The molecule has 28 valence electrons. The molecule has 0 saturated carbocycles. The van der Waals surface area contributed by atoms with E-state index in [0.29, 0.717) is 0 Å². The zero-order valence-corrected chi connectivity index (χ0v) is 5.07. The van der Waals surface area contributed by atoms with Crippen LogP contribution in [0.5, 0.6) is 0 Å². The first-order valence-electron chi connectivity index (χ1n) is 0.123. The van der Waals surface area contributed by atoms with Crippen LogP contribution in [0.3, 0.4) is 0 Å². The van der Waals surface area contributed by atoms with Crippen molar-refractivity contribution in [3.05, 3.63) is 0 Å². The van der Waals surface area contributed by atoms with Gasteiger partial charge >= 0.3 is 106 Å². The Morgan fingerprint density at radius 1 is 1.20 bits per heavy atom. The summed E-state index contributed by atoms with van der Waals surface area (Å²) in [6, 6.07) is 0. The normalized spacial score (nSPS) is 1.20. The molecular weight excluding hydrogens is 346 g/mol. The third kappa shape index (κ3) is 17.8. The molecule has 0 rings (SSSR count). The molecule has 0 aromatic rings. The van der Waals surface area contributed by atoms with Crippen molar-refractivity contribution in [1.82, 2.24) is 0 Å². The molecule has 0 aliphatic heterocycles. The predicted octanol–water partition coefficient (Wildman–Crippen LogP) is -1.96. The van der Waals surface area contributed by atoms with Gasteiger partial charge in [0.2, 0.25) is 0 Å². The van der Waals surface area contributed by atoms with Crippen molar-refractivity contribution >= 4 is 86.6 Å². The third-order valence-electron chi connectivity index (χ3n) is 0. The van der Waals surface area contributed by atoms with E-state index in [2.05, 4.69) is 15.9 Å². The van der Waals surface area contributed by atoms with E-state index in [1.54, 1.807) is 0 Å². The molecule has 0 unspecified atom stereocenters. The monoisotopic (exact) mass is 350 g/mol. The first kappa shape index (κ1) is 22.8. The fourth-order valence-electron chi connectivity index (χ4n) is 0. The van der Waals surface area contributed by atoms with Crippen molar-refractivity contribution in [3.63, 3.8) is 0 Å². The van der Waals surface area contributed by atoms with Crippen LogP contribution in [0.2, 0.25) is 0 Å². The Hall–Kier alpha value is 4.25. The van der Waals surface area contributed by atoms with Gasteiger partial charge in [-0.25, -0.2) is 0 Å². The van der Waals surface area contributed by atoms with Crippen LogP contribution in [-0.4, -0.2) is 86.6 Å². The zero-order valence-electron chi connectivity index (χ0n) is 1.29. The Balaban J connectivity index is -0.00000000167. The summed E-state index contributed by atoms with van der Waals surface area (Å²) in [6.45, 7) is 0. The molecular formula is H4BaCaCuOY. The number of hydrogen-bond donors (Lipinski definition) is 0. The summed E-state index contributed by atoms with van der Waals surface area (Å²) in [5, 5.41) is 0. The van der Waals surface area contributed by atoms with Crippen LogP contribution >= 0.6 is 0 Å². The summed E-state index contributed by atoms with van der Waals surface area (Å²) in [6.07, 6.45) is 0. The van der Waals surface area contributed by atoms with Gasteiger partial charge in [0.05, 0.1) is 0 Å². The van der Waals surface area contributed by atoms with Gasteiger partial charge in [0.25, 0.3) is 0 Å². The SMILES string of the molecule is [BaH2].[CaH2].[O]=[Cu].[Y]. The maximum atomic E-state index is 7.81. The molecule has 0 heterocycles. The van der Waals surface area contributed by atoms with Crippen LogP contribution in [0.25, 0.3) is 0 Å². The van der Waals surface area contributed by atoms with Crippen LogP contribution in [-0.2, 0) is 52.5 Å². The predicted molar refractivity (Wildman–Crippen MR) is 17.8 cm³/mol. The van der Waals surface area contributed by atoms with Crippen molar-refractivity contribution in [2.24, 2.45) is 0 Å². The first-order valence-corrected chi connectivity index (χ1v) is 0.508. The second kappa shape index (κ2) is 24.0. The zero-order chi connectivity index (χ0) is 2.00.